The van der Waals surface area contributed by atoms with E-state index in [1.807, 2.05) is 24.3 Å². The maximum Gasteiger partial charge on any atom is 0.339 e. The first-order chi connectivity index (χ1) is 9.37. The molecule has 5 heteroatoms. The molecule has 0 fully saturated rings. The molecule has 0 bridgehead atoms. The van der Waals surface area contributed by atoms with Crippen molar-refractivity contribution in [1.82, 2.24) is 0 Å². The number of ether oxygens (including phenoxy) is 3. The standard InChI is InChI=1S/C15H24O4Si/c1-17-13-8-6-12(7-9-13)14(15(16)18-2)19-10-11-20(3,4)5/h6-9,14H,10-11H2,1-5H3/t14-/m1/s1. The average Bonchev–Trinajstić information content (AvgIpc) is 2.42. The summed E-state index contributed by atoms with van der Waals surface area (Å²) in [6.45, 7) is 7.40. The summed E-state index contributed by atoms with van der Waals surface area (Å²) < 4.78 is 15.7. The van der Waals surface area contributed by atoms with Gasteiger partial charge in [0.25, 0.3) is 0 Å². The number of methoxy groups -OCH3 is 2. The van der Waals surface area contributed by atoms with Crippen LogP contribution in [0, 0.1) is 0 Å². The Balaban J connectivity index is 2.75. The lowest BCUT2D eigenvalue weighted by molar-refractivity contribution is -0.154. The molecule has 1 aromatic rings. The second-order valence-corrected chi connectivity index (χ2v) is 11.5. The Labute approximate surface area is 122 Å². The molecule has 1 aromatic carbocycles. The third-order valence-electron chi connectivity index (χ3n) is 2.97. The van der Waals surface area contributed by atoms with Crippen molar-refractivity contribution in [3.63, 3.8) is 0 Å². The van der Waals surface area contributed by atoms with Crippen molar-refractivity contribution in [2.75, 3.05) is 20.8 Å². The van der Waals surface area contributed by atoms with Crippen molar-refractivity contribution in [2.24, 2.45) is 0 Å². The molecular formula is C15H24O4Si. The third-order valence-corrected chi connectivity index (χ3v) is 4.67. The lowest BCUT2D eigenvalue weighted by atomic mass is 10.1. The number of carbonyl (C=O) groups is 1. The van der Waals surface area contributed by atoms with E-state index in [2.05, 4.69) is 19.6 Å². The highest BCUT2D eigenvalue weighted by Gasteiger charge is 2.23. The van der Waals surface area contributed by atoms with Crippen LogP contribution in [0.2, 0.25) is 25.7 Å². The average molecular weight is 296 g/mol. The molecule has 1 rings (SSSR count). The lowest BCUT2D eigenvalue weighted by Gasteiger charge is -2.20. The molecule has 0 saturated carbocycles. The minimum atomic E-state index is -1.18. The highest BCUT2D eigenvalue weighted by Crippen LogP contribution is 2.23. The van der Waals surface area contributed by atoms with E-state index in [1.54, 1.807) is 7.11 Å². The zero-order valence-corrected chi connectivity index (χ0v) is 13.9. The van der Waals surface area contributed by atoms with E-state index >= 15 is 0 Å². The molecule has 0 unspecified atom stereocenters. The summed E-state index contributed by atoms with van der Waals surface area (Å²) in [7, 11) is 1.80. The maximum absolute atomic E-state index is 11.9. The lowest BCUT2D eigenvalue weighted by Crippen LogP contribution is -2.24. The molecule has 112 valence electrons. The van der Waals surface area contributed by atoms with Gasteiger partial charge < -0.3 is 14.2 Å². The molecule has 4 nitrogen and oxygen atoms in total. The molecule has 0 heterocycles. The van der Waals surface area contributed by atoms with Gasteiger partial charge in [-0.15, -0.1) is 0 Å². The quantitative estimate of drug-likeness (QED) is 0.572. The molecule has 0 radical (unpaired) electrons. The van der Waals surface area contributed by atoms with E-state index < -0.39 is 14.2 Å². The van der Waals surface area contributed by atoms with Crippen molar-refractivity contribution in [1.29, 1.82) is 0 Å². The first-order valence-electron chi connectivity index (χ1n) is 6.71. The van der Waals surface area contributed by atoms with E-state index in [0.717, 1.165) is 17.4 Å². The van der Waals surface area contributed by atoms with Gasteiger partial charge in [0, 0.05) is 14.7 Å². The zero-order valence-electron chi connectivity index (χ0n) is 12.9. The van der Waals surface area contributed by atoms with Gasteiger partial charge in [0.05, 0.1) is 14.2 Å². The SMILES string of the molecule is COC(=O)[C@H](OCC[Si](C)(C)C)c1ccc(OC)cc1. The van der Waals surface area contributed by atoms with Gasteiger partial charge in [-0.2, -0.15) is 0 Å². The highest BCUT2D eigenvalue weighted by molar-refractivity contribution is 6.76. The minimum absolute atomic E-state index is 0.370. The van der Waals surface area contributed by atoms with Gasteiger partial charge in [0.2, 0.25) is 0 Å². The Morgan fingerprint density at radius 1 is 1.15 bits per heavy atom. The molecule has 0 spiro atoms. The number of esters is 1. The van der Waals surface area contributed by atoms with Crippen molar-refractivity contribution in [3.05, 3.63) is 29.8 Å². The van der Waals surface area contributed by atoms with Gasteiger partial charge in [0.15, 0.2) is 6.10 Å². The molecule has 0 amide bonds. The Kier molecular flexibility index (Phi) is 6.23. The van der Waals surface area contributed by atoms with Crippen LogP contribution in [0.15, 0.2) is 24.3 Å². The van der Waals surface area contributed by atoms with Crippen molar-refractivity contribution < 1.29 is 19.0 Å². The smallest absolute Gasteiger partial charge is 0.339 e. The largest absolute Gasteiger partial charge is 0.497 e. The summed E-state index contributed by atoms with van der Waals surface area (Å²) in [5.41, 5.74) is 0.785. The van der Waals surface area contributed by atoms with E-state index in [-0.39, 0.29) is 5.97 Å². The van der Waals surface area contributed by atoms with E-state index in [9.17, 15) is 4.79 Å². The van der Waals surface area contributed by atoms with Crippen LogP contribution in [0.5, 0.6) is 5.75 Å². The summed E-state index contributed by atoms with van der Waals surface area (Å²) in [6, 6.07) is 8.29. The van der Waals surface area contributed by atoms with Crippen molar-refractivity contribution in [2.45, 2.75) is 31.8 Å². The summed E-state index contributed by atoms with van der Waals surface area (Å²) in [5.74, 6) is 0.380. The summed E-state index contributed by atoms with van der Waals surface area (Å²) in [6.07, 6.45) is -0.665. The van der Waals surface area contributed by atoms with Gasteiger partial charge >= 0.3 is 5.97 Å². The van der Waals surface area contributed by atoms with Crippen LogP contribution in [-0.2, 0) is 14.3 Å². The molecule has 0 aromatic heterocycles. The number of hydrogen-bond donors (Lipinski definition) is 0. The van der Waals surface area contributed by atoms with Crippen LogP contribution >= 0.6 is 0 Å². The minimum Gasteiger partial charge on any atom is -0.497 e. The van der Waals surface area contributed by atoms with Crippen LogP contribution in [0.3, 0.4) is 0 Å². The predicted molar refractivity (Wildman–Crippen MR) is 81.9 cm³/mol. The first-order valence-corrected chi connectivity index (χ1v) is 10.4. The van der Waals surface area contributed by atoms with Crippen molar-refractivity contribution >= 4 is 14.0 Å². The van der Waals surface area contributed by atoms with Crippen LogP contribution < -0.4 is 4.74 Å². The monoisotopic (exact) mass is 296 g/mol. The summed E-state index contributed by atoms with van der Waals surface area (Å²) in [5, 5.41) is 0. The molecule has 0 aliphatic carbocycles. The topological polar surface area (TPSA) is 44.8 Å². The second kappa shape index (κ2) is 7.45. The molecule has 20 heavy (non-hydrogen) atoms. The number of rotatable bonds is 7. The predicted octanol–water partition coefficient (Wildman–Crippen LogP) is 3.26. The second-order valence-electron chi connectivity index (χ2n) is 5.86. The molecule has 0 saturated heterocycles. The third kappa shape index (κ3) is 5.34. The first kappa shape index (κ1) is 16.7. The maximum atomic E-state index is 11.9. The molecule has 0 N–H and O–H groups in total. The normalized spacial score (nSPS) is 12.8. The Hall–Kier alpha value is -1.33. The fourth-order valence-electron chi connectivity index (χ4n) is 1.67. The number of benzene rings is 1. The fourth-order valence-corrected chi connectivity index (χ4v) is 2.40. The van der Waals surface area contributed by atoms with E-state index in [0.29, 0.717) is 6.61 Å². The Morgan fingerprint density at radius 3 is 2.20 bits per heavy atom. The van der Waals surface area contributed by atoms with E-state index in [4.69, 9.17) is 14.2 Å². The Bertz CT molecular complexity index is 422. The van der Waals surface area contributed by atoms with Crippen LogP contribution in [-0.4, -0.2) is 34.9 Å². The molecular weight excluding hydrogens is 272 g/mol. The van der Waals surface area contributed by atoms with Gasteiger partial charge in [-0.3, -0.25) is 0 Å². The van der Waals surface area contributed by atoms with Gasteiger partial charge in [-0.1, -0.05) is 31.8 Å². The fraction of sp³-hybridized carbons (Fsp3) is 0.533. The van der Waals surface area contributed by atoms with Crippen LogP contribution in [0.1, 0.15) is 11.7 Å². The summed E-state index contributed by atoms with van der Waals surface area (Å²) >= 11 is 0. The summed E-state index contributed by atoms with van der Waals surface area (Å²) in [4.78, 5) is 11.9. The molecule has 0 aliphatic rings. The van der Waals surface area contributed by atoms with Crippen LogP contribution in [0.25, 0.3) is 0 Å². The van der Waals surface area contributed by atoms with Crippen LogP contribution in [0.4, 0.5) is 0 Å². The highest BCUT2D eigenvalue weighted by atomic mass is 28.3. The number of carbonyl (C=O) groups excluding carboxylic acids is 1. The Morgan fingerprint density at radius 2 is 1.75 bits per heavy atom. The van der Waals surface area contributed by atoms with Gasteiger partial charge in [0.1, 0.15) is 5.75 Å². The van der Waals surface area contributed by atoms with Gasteiger partial charge in [-0.25, -0.2) is 4.79 Å². The number of hydrogen-bond acceptors (Lipinski definition) is 4. The van der Waals surface area contributed by atoms with Gasteiger partial charge in [-0.05, 0) is 23.7 Å². The van der Waals surface area contributed by atoms with E-state index in [1.165, 1.54) is 7.11 Å². The molecule has 0 aliphatic heterocycles. The van der Waals surface area contributed by atoms with Crippen molar-refractivity contribution in [3.8, 4) is 5.75 Å². The molecule has 1 atom stereocenters. The zero-order chi connectivity index (χ0) is 15.2.